The Morgan fingerprint density at radius 3 is 2.71 bits per heavy atom. The smallest absolute Gasteiger partial charge is 0.410 e. The van der Waals surface area contributed by atoms with Crippen molar-refractivity contribution in [3.63, 3.8) is 0 Å². The van der Waals surface area contributed by atoms with Crippen LogP contribution in [-0.4, -0.2) is 42.3 Å². The van der Waals surface area contributed by atoms with Gasteiger partial charge < -0.3 is 19.7 Å². The minimum absolute atomic E-state index is 0.210. The van der Waals surface area contributed by atoms with Crippen molar-refractivity contribution in [2.45, 2.75) is 58.6 Å². The summed E-state index contributed by atoms with van der Waals surface area (Å²) in [4.78, 5) is 14.1. The largest absolute Gasteiger partial charge is 0.492 e. The molecule has 24 heavy (non-hydrogen) atoms. The van der Waals surface area contributed by atoms with Gasteiger partial charge in [0, 0.05) is 19.1 Å². The zero-order valence-corrected chi connectivity index (χ0v) is 15.3. The van der Waals surface area contributed by atoms with Gasteiger partial charge in [-0.05, 0) is 59.1 Å². The van der Waals surface area contributed by atoms with Crippen LogP contribution in [-0.2, 0) is 4.74 Å². The molecule has 0 aromatic heterocycles. The monoisotopic (exact) mass is 334 g/mol. The summed E-state index contributed by atoms with van der Waals surface area (Å²) in [5.74, 6) is 0.883. The van der Waals surface area contributed by atoms with Crippen LogP contribution in [0.25, 0.3) is 0 Å². The molecule has 1 N–H and O–H groups in total. The van der Waals surface area contributed by atoms with Crippen molar-refractivity contribution in [1.29, 1.82) is 0 Å². The number of hydrogen-bond acceptors (Lipinski definition) is 4. The van der Waals surface area contributed by atoms with Gasteiger partial charge in [-0.1, -0.05) is 12.1 Å². The molecule has 1 aromatic rings. The first kappa shape index (κ1) is 18.4. The van der Waals surface area contributed by atoms with Crippen LogP contribution in [0.3, 0.4) is 0 Å². The average Bonchev–Trinajstić information content (AvgIpc) is 2.73. The molecular formula is C19H30N2O3. The van der Waals surface area contributed by atoms with Gasteiger partial charge in [0.1, 0.15) is 11.4 Å². The fourth-order valence-electron chi connectivity index (χ4n) is 2.84. The lowest BCUT2D eigenvalue weighted by atomic mass is 10.1. The molecule has 0 bridgehead atoms. The SMILES string of the molecule is CCOc1ccccc1NC1CCCN(C(=O)OC(C)(C)C)CC1. The molecule has 5 heteroatoms. The molecule has 1 aliphatic rings. The summed E-state index contributed by atoms with van der Waals surface area (Å²) in [6.45, 7) is 9.80. The van der Waals surface area contributed by atoms with Gasteiger partial charge in [0.2, 0.25) is 0 Å². The molecule has 0 aliphatic carbocycles. The second-order valence-corrected chi connectivity index (χ2v) is 7.17. The van der Waals surface area contributed by atoms with Crippen molar-refractivity contribution in [2.24, 2.45) is 0 Å². The Balaban J connectivity index is 1.93. The maximum Gasteiger partial charge on any atom is 0.410 e. The third kappa shape index (κ3) is 5.62. The summed E-state index contributed by atoms with van der Waals surface area (Å²) in [5, 5.41) is 3.58. The normalized spacial score (nSPS) is 18.7. The fraction of sp³-hybridized carbons (Fsp3) is 0.632. The number of carbonyl (C=O) groups is 1. The van der Waals surface area contributed by atoms with E-state index < -0.39 is 5.60 Å². The van der Waals surface area contributed by atoms with Crippen molar-refractivity contribution in [2.75, 3.05) is 25.0 Å². The van der Waals surface area contributed by atoms with Crippen molar-refractivity contribution in [3.8, 4) is 5.75 Å². The molecule has 1 amide bonds. The fourth-order valence-corrected chi connectivity index (χ4v) is 2.84. The average molecular weight is 334 g/mol. The van der Waals surface area contributed by atoms with E-state index in [0.717, 1.165) is 37.2 Å². The van der Waals surface area contributed by atoms with Gasteiger partial charge >= 0.3 is 6.09 Å². The van der Waals surface area contributed by atoms with Gasteiger partial charge in [0.05, 0.1) is 12.3 Å². The van der Waals surface area contributed by atoms with Crippen molar-refractivity contribution >= 4 is 11.8 Å². The minimum atomic E-state index is -0.447. The molecule has 1 atom stereocenters. The Bertz CT molecular complexity index is 540. The number of likely N-dealkylation sites (tertiary alicyclic amines) is 1. The minimum Gasteiger partial charge on any atom is -0.492 e. The first-order valence-corrected chi connectivity index (χ1v) is 8.85. The Morgan fingerprint density at radius 2 is 2.00 bits per heavy atom. The molecular weight excluding hydrogens is 304 g/mol. The first-order chi connectivity index (χ1) is 11.4. The van der Waals surface area contributed by atoms with Gasteiger partial charge in [-0.15, -0.1) is 0 Å². The predicted molar refractivity (Wildman–Crippen MR) is 96.7 cm³/mol. The highest BCUT2D eigenvalue weighted by atomic mass is 16.6. The van der Waals surface area contributed by atoms with E-state index >= 15 is 0 Å². The van der Waals surface area contributed by atoms with E-state index in [1.54, 1.807) is 0 Å². The van der Waals surface area contributed by atoms with Gasteiger partial charge in [-0.3, -0.25) is 0 Å². The van der Waals surface area contributed by atoms with E-state index in [4.69, 9.17) is 9.47 Å². The lowest BCUT2D eigenvalue weighted by Gasteiger charge is -2.26. The molecule has 1 unspecified atom stereocenters. The second-order valence-electron chi connectivity index (χ2n) is 7.17. The van der Waals surface area contributed by atoms with Gasteiger partial charge in [0.25, 0.3) is 0 Å². The molecule has 5 nitrogen and oxygen atoms in total. The van der Waals surface area contributed by atoms with Gasteiger partial charge in [-0.25, -0.2) is 4.79 Å². The standard InChI is InChI=1S/C19H30N2O3/c1-5-23-17-11-7-6-10-16(17)20-15-9-8-13-21(14-12-15)18(22)24-19(2,3)4/h6-7,10-11,15,20H,5,8-9,12-14H2,1-4H3. The van der Waals surface area contributed by atoms with Crippen LogP contribution < -0.4 is 10.1 Å². The number of para-hydroxylation sites is 2. The highest BCUT2D eigenvalue weighted by Gasteiger charge is 2.25. The highest BCUT2D eigenvalue weighted by molar-refractivity contribution is 5.68. The summed E-state index contributed by atoms with van der Waals surface area (Å²) in [6, 6.07) is 8.35. The highest BCUT2D eigenvalue weighted by Crippen LogP contribution is 2.26. The summed E-state index contributed by atoms with van der Waals surface area (Å²) >= 11 is 0. The van der Waals surface area contributed by atoms with E-state index in [-0.39, 0.29) is 6.09 Å². The molecule has 0 spiro atoms. The summed E-state index contributed by atoms with van der Waals surface area (Å²) in [7, 11) is 0. The van der Waals surface area contributed by atoms with Crippen LogP contribution in [0.15, 0.2) is 24.3 Å². The third-order valence-electron chi connectivity index (χ3n) is 3.93. The number of carbonyl (C=O) groups excluding carboxylic acids is 1. The number of benzene rings is 1. The number of anilines is 1. The van der Waals surface area contributed by atoms with Gasteiger partial charge in [0.15, 0.2) is 0 Å². The maximum atomic E-state index is 12.2. The van der Waals surface area contributed by atoms with E-state index in [1.807, 2.05) is 56.9 Å². The number of nitrogens with zero attached hydrogens (tertiary/aromatic N) is 1. The number of amides is 1. The summed E-state index contributed by atoms with van der Waals surface area (Å²) in [5.41, 5.74) is 0.576. The third-order valence-corrected chi connectivity index (χ3v) is 3.93. The van der Waals surface area contributed by atoms with E-state index in [9.17, 15) is 4.79 Å². The lowest BCUT2D eigenvalue weighted by Crippen LogP contribution is -2.37. The first-order valence-electron chi connectivity index (χ1n) is 8.85. The summed E-state index contributed by atoms with van der Waals surface area (Å²) in [6.07, 6.45) is 2.69. The van der Waals surface area contributed by atoms with E-state index in [2.05, 4.69) is 5.32 Å². The van der Waals surface area contributed by atoms with Crippen LogP contribution in [0.1, 0.15) is 47.0 Å². The van der Waals surface area contributed by atoms with Crippen molar-refractivity contribution < 1.29 is 14.3 Å². The number of rotatable bonds is 4. The Hall–Kier alpha value is -1.91. The van der Waals surface area contributed by atoms with Crippen LogP contribution in [0.4, 0.5) is 10.5 Å². The zero-order valence-electron chi connectivity index (χ0n) is 15.3. The Labute approximate surface area is 145 Å². The molecule has 1 heterocycles. The Morgan fingerprint density at radius 1 is 1.25 bits per heavy atom. The van der Waals surface area contributed by atoms with Gasteiger partial charge in [-0.2, -0.15) is 0 Å². The molecule has 1 saturated heterocycles. The molecule has 0 radical (unpaired) electrons. The number of ether oxygens (including phenoxy) is 2. The summed E-state index contributed by atoms with van der Waals surface area (Å²) < 4.78 is 11.2. The van der Waals surface area contributed by atoms with Crippen LogP contribution in [0, 0.1) is 0 Å². The van der Waals surface area contributed by atoms with Crippen LogP contribution in [0.2, 0.25) is 0 Å². The Kier molecular flexibility index (Phi) is 6.35. The van der Waals surface area contributed by atoms with Crippen molar-refractivity contribution in [3.05, 3.63) is 24.3 Å². The second kappa shape index (κ2) is 8.27. The van der Waals surface area contributed by atoms with E-state index in [0.29, 0.717) is 19.2 Å². The molecule has 1 fully saturated rings. The number of nitrogens with one attached hydrogen (secondary N) is 1. The van der Waals surface area contributed by atoms with Crippen LogP contribution >= 0.6 is 0 Å². The molecule has 134 valence electrons. The predicted octanol–water partition coefficient (Wildman–Crippen LogP) is 4.29. The number of hydrogen-bond donors (Lipinski definition) is 1. The molecule has 1 aliphatic heterocycles. The lowest BCUT2D eigenvalue weighted by molar-refractivity contribution is 0.0256. The topological polar surface area (TPSA) is 50.8 Å². The van der Waals surface area contributed by atoms with Crippen LogP contribution in [0.5, 0.6) is 5.75 Å². The zero-order chi connectivity index (χ0) is 17.6. The van der Waals surface area contributed by atoms with E-state index in [1.165, 1.54) is 0 Å². The molecule has 0 saturated carbocycles. The molecule has 1 aromatic carbocycles. The van der Waals surface area contributed by atoms with Crippen molar-refractivity contribution in [1.82, 2.24) is 4.90 Å². The quantitative estimate of drug-likeness (QED) is 0.892. The molecule has 2 rings (SSSR count). The maximum absolute atomic E-state index is 12.2.